The van der Waals surface area contributed by atoms with E-state index in [2.05, 4.69) is 52.5 Å². The maximum absolute atomic E-state index is 10.6. The second-order valence-corrected chi connectivity index (χ2v) is 11.3. The highest BCUT2D eigenvalue weighted by molar-refractivity contribution is 5.38. The highest BCUT2D eigenvalue weighted by atomic mass is 16.3. The second kappa shape index (κ2) is 9.37. The molecule has 0 aromatic heterocycles. The zero-order valence-electron chi connectivity index (χ0n) is 20.3. The Bertz CT molecular complexity index is 756. The van der Waals surface area contributed by atoms with Crippen LogP contribution in [0.1, 0.15) is 79.6 Å². The smallest absolute Gasteiger partial charge is 0.0822 e. The average molecular weight is 429 g/mol. The van der Waals surface area contributed by atoms with Crippen LogP contribution in [0, 0.1) is 29.1 Å². The van der Waals surface area contributed by atoms with Gasteiger partial charge in [0, 0.05) is 6.42 Å². The lowest BCUT2D eigenvalue weighted by Crippen LogP contribution is -2.36. The summed E-state index contributed by atoms with van der Waals surface area (Å²) in [5.41, 5.74) is 2.82. The van der Waals surface area contributed by atoms with E-state index in [1.807, 2.05) is 13.0 Å². The van der Waals surface area contributed by atoms with Crippen molar-refractivity contribution in [2.24, 2.45) is 29.1 Å². The van der Waals surface area contributed by atoms with Crippen LogP contribution < -0.4 is 0 Å². The minimum Gasteiger partial charge on any atom is -0.393 e. The largest absolute Gasteiger partial charge is 0.393 e. The summed E-state index contributed by atoms with van der Waals surface area (Å²) < 4.78 is 0. The molecule has 0 aromatic carbocycles. The monoisotopic (exact) mass is 428 g/mol. The molecule has 0 amide bonds. The van der Waals surface area contributed by atoms with Crippen LogP contribution in [0.15, 0.2) is 47.6 Å². The molecular formula is C28H44O3. The Morgan fingerprint density at radius 3 is 2.55 bits per heavy atom. The fraction of sp³-hybridized carbons (Fsp3) is 0.714. The normalized spacial score (nSPS) is 40.0. The number of fused-ring (bicyclic) bond motifs is 1. The van der Waals surface area contributed by atoms with Crippen molar-refractivity contribution in [3.05, 3.63) is 47.6 Å². The summed E-state index contributed by atoms with van der Waals surface area (Å²) in [6.07, 6.45) is 14.6. The molecule has 3 nitrogen and oxygen atoms in total. The number of rotatable bonds is 5. The van der Waals surface area contributed by atoms with Crippen molar-refractivity contribution in [3.63, 3.8) is 0 Å². The Balaban J connectivity index is 1.78. The van der Waals surface area contributed by atoms with E-state index in [4.69, 9.17) is 0 Å². The van der Waals surface area contributed by atoms with Crippen LogP contribution in [0.2, 0.25) is 0 Å². The van der Waals surface area contributed by atoms with Gasteiger partial charge in [0.25, 0.3) is 0 Å². The first-order chi connectivity index (χ1) is 14.5. The summed E-state index contributed by atoms with van der Waals surface area (Å²) in [6.45, 7) is 14.9. The first kappa shape index (κ1) is 24.5. The molecule has 3 heteroatoms. The van der Waals surface area contributed by atoms with E-state index >= 15 is 0 Å². The number of hydrogen-bond donors (Lipinski definition) is 3. The van der Waals surface area contributed by atoms with Gasteiger partial charge in [-0.3, -0.25) is 0 Å². The Morgan fingerprint density at radius 1 is 1.16 bits per heavy atom. The Hall–Kier alpha value is -1.16. The van der Waals surface area contributed by atoms with Gasteiger partial charge in [-0.15, -0.1) is 0 Å². The fourth-order valence-electron chi connectivity index (χ4n) is 6.28. The van der Waals surface area contributed by atoms with E-state index < -0.39 is 17.8 Å². The molecule has 3 fully saturated rings. The van der Waals surface area contributed by atoms with E-state index in [-0.39, 0.29) is 5.92 Å². The molecular weight excluding hydrogens is 384 g/mol. The molecule has 0 saturated heterocycles. The lowest BCUT2D eigenvalue weighted by atomic mass is 9.61. The highest BCUT2D eigenvalue weighted by Crippen LogP contribution is 2.59. The maximum Gasteiger partial charge on any atom is 0.0822 e. The topological polar surface area (TPSA) is 60.7 Å². The third kappa shape index (κ3) is 5.10. The highest BCUT2D eigenvalue weighted by Gasteiger charge is 2.50. The summed E-state index contributed by atoms with van der Waals surface area (Å²) in [5.74, 6) is 1.87. The van der Waals surface area contributed by atoms with Gasteiger partial charge in [0.05, 0.1) is 17.8 Å². The summed E-state index contributed by atoms with van der Waals surface area (Å²) in [4.78, 5) is 0. The second-order valence-electron chi connectivity index (χ2n) is 11.3. The molecule has 1 unspecified atom stereocenters. The van der Waals surface area contributed by atoms with Crippen LogP contribution in [0.3, 0.4) is 0 Å². The fourth-order valence-corrected chi connectivity index (χ4v) is 6.28. The molecule has 3 saturated carbocycles. The molecule has 7 atom stereocenters. The molecule has 3 rings (SSSR count). The SMILES string of the molecule is C=C1/C(=C\C=C2/CCC[C@]3(C)[C@@H]([C@H](C)/C=C/[C@@](C)(O)C(C)C)CC[C@@H]23)C[C@@H](O)CC1O. The average Bonchev–Trinajstić information content (AvgIpc) is 3.05. The Morgan fingerprint density at radius 2 is 1.87 bits per heavy atom. The molecule has 174 valence electrons. The van der Waals surface area contributed by atoms with E-state index in [1.54, 1.807) is 0 Å². The van der Waals surface area contributed by atoms with Crippen LogP contribution in [-0.2, 0) is 0 Å². The zero-order valence-corrected chi connectivity index (χ0v) is 20.3. The lowest BCUT2D eigenvalue weighted by molar-refractivity contribution is 0.0607. The van der Waals surface area contributed by atoms with Gasteiger partial charge in [-0.2, -0.15) is 0 Å². The molecule has 0 aromatic rings. The van der Waals surface area contributed by atoms with Crippen molar-refractivity contribution in [1.29, 1.82) is 0 Å². The van der Waals surface area contributed by atoms with Crippen molar-refractivity contribution in [3.8, 4) is 0 Å². The van der Waals surface area contributed by atoms with E-state index in [1.165, 1.54) is 31.3 Å². The van der Waals surface area contributed by atoms with Crippen molar-refractivity contribution in [2.45, 2.75) is 97.4 Å². The van der Waals surface area contributed by atoms with Crippen LogP contribution in [0.4, 0.5) is 0 Å². The first-order valence-electron chi connectivity index (χ1n) is 12.3. The summed E-state index contributed by atoms with van der Waals surface area (Å²) in [5, 5.41) is 30.8. The van der Waals surface area contributed by atoms with Crippen LogP contribution >= 0.6 is 0 Å². The van der Waals surface area contributed by atoms with E-state index in [9.17, 15) is 15.3 Å². The molecule has 0 radical (unpaired) electrons. The maximum atomic E-state index is 10.6. The number of aliphatic hydroxyl groups excluding tert-OH is 2. The summed E-state index contributed by atoms with van der Waals surface area (Å²) in [7, 11) is 0. The molecule has 0 bridgehead atoms. The van der Waals surface area contributed by atoms with Gasteiger partial charge in [0.2, 0.25) is 0 Å². The molecule has 0 aliphatic heterocycles. The standard InChI is InChI=1S/C28H44O3/c1-18(2)28(6,31)15-13-19(3)24-11-12-25-21(8-7-14-27(24,25)5)9-10-22-16-23(29)17-26(30)20(22)4/h9-10,13,15,18-19,23-26,29-31H,4,7-8,11-12,14,16-17H2,1-3,5-6H3/b15-13+,21-9+,22-10-/t19-,23-,24-,25+,26?,27-,28-/m1/s1. The molecule has 3 aliphatic carbocycles. The Labute approximate surface area is 189 Å². The van der Waals surface area contributed by atoms with Crippen molar-refractivity contribution < 1.29 is 15.3 Å². The molecule has 0 spiro atoms. The minimum absolute atomic E-state index is 0.201. The van der Waals surface area contributed by atoms with Gasteiger partial charge in [0.15, 0.2) is 0 Å². The van der Waals surface area contributed by atoms with Crippen molar-refractivity contribution in [2.75, 3.05) is 0 Å². The molecule has 0 heterocycles. The number of allylic oxidation sites excluding steroid dienone is 4. The first-order valence-corrected chi connectivity index (χ1v) is 12.3. The van der Waals surface area contributed by atoms with Gasteiger partial charge in [-0.1, -0.05) is 64.2 Å². The van der Waals surface area contributed by atoms with Crippen LogP contribution in [0.25, 0.3) is 0 Å². The van der Waals surface area contributed by atoms with Crippen molar-refractivity contribution >= 4 is 0 Å². The van der Waals surface area contributed by atoms with Crippen molar-refractivity contribution in [1.82, 2.24) is 0 Å². The van der Waals surface area contributed by atoms with Gasteiger partial charge in [-0.25, -0.2) is 0 Å². The molecule has 3 aliphatic rings. The molecule has 3 N–H and O–H groups in total. The number of aliphatic hydroxyl groups is 3. The van der Waals surface area contributed by atoms with Crippen LogP contribution in [-0.4, -0.2) is 33.1 Å². The van der Waals surface area contributed by atoms with Gasteiger partial charge in [0.1, 0.15) is 0 Å². The zero-order chi connectivity index (χ0) is 23.0. The third-order valence-corrected chi connectivity index (χ3v) is 8.84. The minimum atomic E-state index is -0.755. The van der Waals surface area contributed by atoms with E-state index in [0.717, 1.165) is 17.6 Å². The van der Waals surface area contributed by atoms with Gasteiger partial charge >= 0.3 is 0 Å². The van der Waals surface area contributed by atoms with Crippen LogP contribution in [0.5, 0.6) is 0 Å². The van der Waals surface area contributed by atoms with E-state index in [0.29, 0.717) is 36.0 Å². The predicted molar refractivity (Wildman–Crippen MR) is 128 cm³/mol. The summed E-state index contributed by atoms with van der Waals surface area (Å²) in [6, 6.07) is 0. The Kier molecular flexibility index (Phi) is 7.40. The third-order valence-electron chi connectivity index (χ3n) is 8.84. The predicted octanol–water partition coefficient (Wildman–Crippen LogP) is 5.73. The summed E-state index contributed by atoms with van der Waals surface area (Å²) >= 11 is 0. The lowest BCUT2D eigenvalue weighted by Gasteiger charge is -2.44. The van der Waals surface area contributed by atoms with Gasteiger partial charge < -0.3 is 15.3 Å². The number of hydrogen-bond acceptors (Lipinski definition) is 3. The molecule has 31 heavy (non-hydrogen) atoms. The quantitative estimate of drug-likeness (QED) is 0.490. The van der Waals surface area contributed by atoms with Gasteiger partial charge in [-0.05, 0) is 85.7 Å².